The molecule has 8 heteroatoms. The molecule has 1 aromatic carbocycles. The van der Waals surface area contributed by atoms with Gasteiger partial charge in [-0.05, 0) is 24.5 Å². The van der Waals surface area contributed by atoms with Gasteiger partial charge in [0.15, 0.2) is 0 Å². The molecule has 0 aromatic heterocycles. The van der Waals surface area contributed by atoms with Crippen molar-refractivity contribution in [3.05, 3.63) is 39.7 Å². The summed E-state index contributed by atoms with van der Waals surface area (Å²) in [5.74, 6) is -1.82. The average molecular weight is 369 g/mol. The van der Waals surface area contributed by atoms with Crippen LogP contribution >= 0.6 is 0 Å². The van der Waals surface area contributed by atoms with Gasteiger partial charge in [-0.15, -0.1) is 0 Å². The van der Waals surface area contributed by atoms with Gasteiger partial charge in [0, 0.05) is 18.9 Å². The van der Waals surface area contributed by atoms with Crippen LogP contribution in [0.4, 0.5) is 10.1 Å². The minimum absolute atomic E-state index is 0.0359. The number of benzene rings is 1. The first-order chi connectivity index (χ1) is 12.4. The smallest absolute Gasteiger partial charge is 0.306 e. The van der Waals surface area contributed by atoms with E-state index in [1.165, 1.54) is 6.07 Å². The van der Waals surface area contributed by atoms with Crippen LogP contribution in [0, 0.1) is 15.9 Å². The number of carbonyl (C=O) groups is 2. The summed E-state index contributed by atoms with van der Waals surface area (Å²) >= 11 is 0. The lowest BCUT2D eigenvalue weighted by atomic mass is 10.2. The highest BCUT2D eigenvalue weighted by molar-refractivity contribution is 5.72. The number of hydrogen-bond donors (Lipinski definition) is 0. The molecule has 0 amide bonds. The molecule has 0 N–H and O–H groups in total. The van der Waals surface area contributed by atoms with E-state index < -0.39 is 22.4 Å². The minimum atomic E-state index is -0.946. The van der Waals surface area contributed by atoms with E-state index in [1.54, 1.807) is 0 Å². The molecule has 0 radical (unpaired) electrons. The molecule has 1 aromatic rings. The molecule has 0 heterocycles. The highest BCUT2D eigenvalue weighted by atomic mass is 19.1. The molecule has 0 atom stereocenters. The number of ether oxygens (including phenoxy) is 2. The molecule has 0 aliphatic carbocycles. The summed E-state index contributed by atoms with van der Waals surface area (Å²) in [6.07, 6.45) is 4.56. The van der Waals surface area contributed by atoms with E-state index in [2.05, 4.69) is 6.92 Å². The first kappa shape index (κ1) is 21.5. The highest BCUT2D eigenvalue weighted by Crippen LogP contribution is 2.19. The van der Waals surface area contributed by atoms with Crippen LogP contribution < -0.4 is 0 Å². The molecule has 26 heavy (non-hydrogen) atoms. The second kappa shape index (κ2) is 11.9. The summed E-state index contributed by atoms with van der Waals surface area (Å²) in [5, 5.41) is 10.7. The van der Waals surface area contributed by atoms with Gasteiger partial charge in [0.05, 0.1) is 11.5 Å². The Bertz CT molecular complexity index is 620. The Labute approximate surface area is 151 Å². The molecule has 7 nitrogen and oxygen atoms in total. The number of hydrogen-bond acceptors (Lipinski definition) is 6. The molecule has 0 saturated carbocycles. The first-order valence-corrected chi connectivity index (χ1v) is 8.68. The van der Waals surface area contributed by atoms with Crippen LogP contribution in [0.25, 0.3) is 0 Å². The second-order valence-electron chi connectivity index (χ2n) is 5.84. The molecule has 0 aliphatic rings. The fourth-order valence-corrected chi connectivity index (χ4v) is 2.19. The number of halogens is 1. The van der Waals surface area contributed by atoms with Crippen LogP contribution in [0.5, 0.6) is 0 Å². The van der Waals surface area contributed by atoms with Gasteiger partial charge in [0.1, 0.15) is 6.61 Å². The van der Waals surface area contributed by atoms with E-state index in [4.69, 9.17) is 9.47 Å². The monoisotopic (exact) mass is 369 g/mol. The van der Waals surface area contributed by atoms with E-state index >= 15 is 0 Å². The van der Waals surface area contributed by atoms with Crippen LogP contribution in [0.3, 0.4) is 0 Å². The molecule has 0 fully saturated rings. The lowest BCUT2D eigenvalue weighted by molar-refractivity contribution is -0.387. The Balaban J connectivity index is 2.22. The number of nitrogens with zero attached hydrogens (tertiary/aromatic N) is 1. The van der Waals surface area contributed by atoms with E-state index in [9.17, 15) is 24.1 Å². The molecule has 0 spiro atoms. The third-order valence-corrected chi connectivity index (χ3v) is 3.63. The first-order valence-electron chi connectivity index (χ1n) is 8.68. The van der Waals surface area contributed by atoms with Gasteiger partial charge in [-0.2, -0.15) is 4.39 Å². The van der Waals surface area contributed by atoms with Crippen molar-refractivity contribution in [2.75, 3.05) is 6.61 Å². The van der Waals surface area contributed by atoms with Crippen molar-refractivity contribution < 1.29 is 28.4 Å². The summed E-state index contributed by atoms with van der Waals surface area (Å²) in [7, 11) is 0. The highest BCUT2D eigenvalue weighted by Gasteiger charge is 2.15. The van der Waals surface area contributed by atoms with Gasteiger partial charge in [-0.3, -0.25) is 19.7 Å². The number of rotatable bonds is 12. The van der Waals surface area contributed by atoms with Crippen molar-refractivity contribution in [1.82, 2.24) is 0 Å². The molecule has 1 rings (SSSR count). The van der Waals surface area contributed by atoms with Crippen molar-refractivity contribution in [3.8, 4) is 0 Å². The summed E-state index contributed by atoms with van der Waals surface area (Å²) in [6, 6.07) is 3.29. The maximum atomic E-state index is 13.2. The Hall–Kier alpha value is -2.51. The van der Waals surface area contributed by atoms with Crippen molar-refractivity contribution in [2.24, 2.45) is 0 Å². The van der Waals surface area contributed by atoms with Crippen molar-refractivity contribution >= 4 is 17.6 Å². The van der Waals surface area contributed by atoms with Gasteiger partial charge in [0.25, 0.3) is 0 Å². The third kappa shape index (κ3) is 8.55. The number of nitro groups is 1. The van der Waals surface area contributed by atoms with E-state index in [-0.39, 0.29) is 25.4 Å². The van der Waals surface area contributed by atoms with E-state index in [1.807, 2.05) is 0 Å². The maximum Gasteiger partial charge on any atom is 0.306 e. The Kier molecular flexibility index (Phi) is 9.89. The van der Waals surface area contributed by atoms with E-state index in [0.717, 1.165) is 37.8 Å². The number of unbranched alkanes of at least 4 members (excludes halogenated alkanes) is 3. The van der Waals surface area contributed by atoms with Gasteiger partial charge in [-0.25, -0.2) is 0 Å². The summed E-state index contributed by atoms with van der Waals surface area (Å²) < 4.78 is 23.2. The summed E-state index contributed by atoms with van der Waals surface area (Å²) in [6.45, 7) is 2.30. The minimum Gasteiger partial charge on any atom is -0.466 e. The van der Waals surface area contributed by atoms with Crippen molar-refractivity contribution in [1.29, 1.82) is 0 Å². The molecule has 0 aliphatic heterocycles. The number of nitro benzene ring substituents is 1. The Morgan fingerprint density at radius 3 is 2.42 bits per heavy atom. The molecule has 144 valence electrons. The molecule has 0 bridgehead atoms. The molecular weight excluding hydrogens is 345 g/mol. The van der Waals surface area contributed by atoms with Crippen molar-refractivity contribution in [2.45, 2.75) is 58.5 Å². The zero-order chi connectivity index (χ0) is 19.4. The maximum absolute atomic E-state index is 13.2. The lowest BCUT2D eigenvalue weighted by Gasteiger charge is -2.06. The Morgan fingerprint density at radius 2 is 1.77 bits per heavy atom. The second-order valence-corrected chi connectivity index (χ2v) is 5.84. The summed E-state index contributed by atoms with van der Waals surface area (Å²) in [4.78, 5) is 32.9. The average Bonchev–Trinajstić information content (AvgIpc) is 2.60. The van der Waals surface area contributed by atoms with Crippen LogP contribution in [-0.4, -0.2) is 23.5 Å². The molecule has 0 unspecified atom stereocenters. The van der Waals surface area contributed by atoms with Gasteiger partial charge in [0.2, 0.25) is 5.82 Å². The topological polar surface area (TPSA) is 95.7 Å². The standard InChI is InChI=1S/C18H24FNO6/c1-2-3-4-5-11-25-17(21)7-6-8-18(22)26-13-14-9-10-15(19)16(12-14)20(23)24/h9-10,12H,2-8,11,13H2,1H3. The number of carbonyl (C=O) groups excluding carboxylic acids is 2. The van der Waals surface area contributed by atoms with Crippen LogP contribution in [0.2, 0.25) is 0 Å². The molecule has 0 saturated heterocycles. The fraction of sp³-hybridized carbons (Fsp3) is 0.556. The third-order valence-electron chi connectivity index (χ3n) is 3.63. The fourth-order valence-electron chi connectivity index (χ4n) is 2.19. The van der Waals surface area contributed by atoms with E-state index in [0.29, 0.717) is 18.6 Å². The predicted molar refractivity (Wildman–Crippen MR) is 91.8 cm³/mol. The summed E-state index contributed by atoms with van der Waals surface area (Å²) in [5.41, 5.74) is -0.349. The zero-order valence-corrected chi connectivity index (χ0v) is 14.9. The SMILES string of the molecule is CCCCCCOC(=O)CCCC(=O)OCc1ccc(F)c([N+](=O)[O-])c1. The lowest BCUT2D eigenvalue weighted by Crippen LogP contribution is -2.09. The van der Waals surface area contributed by atoms with Gasteiger partial charge >= 0.3 is 17.6 Å². The predicted octanol–water partition coefficient (Wildman–Crippen LogP) is 4.07. The van der Waals surface area contributed by atoms with Crippen LogP contribution in [0.15, 0.2) is 18.2 Å². The van der Waals surface area contributed by atoms with Crippen molar-refractivity contribution in [3.63, 3.8) is 0 Å². The quantitative estimate of drug-likeness (QED) is 0.238. The van der Waals surface area contributed by atoms with Crippen LogP contribution in [0.1, 0.15) is 57.4 Å². The zero-order valence-electron chi connectivity index (χ0n) is 14.9. The van der Waals surface area contributed by atoms with Gasteiger partial charge in [-0.1, -0.05) is 32.3 Å². The Morgan fingerprint density at radius 1 is 1.08 bits per heavy atom. The van der Waals surface area contributed by atoms with Gasteiger partial charge < -0.3 is 9.47 Å². The van der Waals surface area contributed by atoms with Crippen LogP contribution in [-0.2, 0) is 25.7 Å². The largest absolute Gasteiger partial charge is 0.466 e. The molecular formula is C18H24FNO6. The normalized spacial score (nSPS) is 10.4. The number of esters is 2.